The molecule has 2 rings (SSSR count). The van der Waals surface area contributed by atoms with Crippen LogP contribution < -0.4 is 4.74 Å². The molecular formula is C16H24O3. The summed E-state index contributed by atoms with van der Waals surface area (Å²) in [4.78, 5) is 0. The van der Waals surface area contributed by atoms with E-state index in [1.165, 1.54) is 0 Å². The van der Waals surface area contributed by atoms with Crippen LogP contribution in [0.1, 0.15) is 49.8 Å². The van der Waals surface area contributed by atoms with E-state index in [9.17, 15) is 5.11 Å². The molecule has 0 radical (unpaired) electrons. The quantitative estimate of drug-likeness (QED) is 0.886. The summed E-state index contributed by atoms with van der Waals surface area (Å²) in [5, 5.41) is 10.8. The fourth-order valence-corrected chi connectivity index (χ4v) is 3.12. The number of aliphatic hydroxyl groups is 1. The van der Waals surface area contributed by atoms with Gasteiger partial charge in [0.05, 0.1) is 12.7 Å². The van der Waals surface area contributed by atoms with Crippen LogP contribution in [0.25, 0.3) is 0 Å². The molecule has 1 saturated carbocycles. The normalized spacial score (nSPS) is 19.4. The highest BCUT2D eigenvalue weighted by Gasteiger charge is 2.42. The Morgan fingerprint density at radius 1 is 1.32 bits per heavy atom. The number of ether oxygens (including phenoxy) is 2. The lowest BCUT2D eigenvalue weighted by Crippen LogP contribution is -2.37. The summed E-state index contributed by atoms with van der Waals surface area (Å²) in [6, 6.07) is 5.82. The van der Waals surface area contributed by atoms with Gasteiger partial charge in [-0.15, -0.1) is 0 Å². The number of aryl methyl sites for hydroxylation is 1. The minimum atomic E-state index is -0.555. The van der Waals surface area contributed by atoms with Crippen LogP contribution in [0, 0.1) is 6.92 Å². The van der Waals surface area contributed by atoms with Crippen LogP contribution in [-0.2, 0) is 4.74 Å². The fourth-order valence-electron chi connectivity index (χ4n) is 3.12. The number of benzene rings is 1. The van der Waals surface area contributed by atoms with Crippen molar-refractivity contribution in [2.24, 2.45) is 0 Å². The van der Waals surface area contributed by atoms with Crippen LogP contribution in [0.4, 0.5) is 0 Å². The Kier molecular flexibility index (Phi) is 4.48. The van der Waals surface area contributed by atoms with E-state index in [1.54, 1.807) is 7.11 Å². The van der Waals surface area contributed by atoms with Crippen LogP contribution in [0.15, 0.2) is 18.2 Å². The van der Waals surface area contributed by atoms with E-state index in [1.807, 2.05) is 32.0 Å². The Hall–Kier alpha value is -1.06. The number of hydrogen-bond acceptors (Lipinski definition) is 3. The summed E-state index contributed by atoms with van der Waals surface area (Å²) in [7, 11) is 1.66. The molecule has 1 N–H and O–H groups in total. The average molecular weight is 264 g/mol. The van der Waals surface area contributed by atoms with Gasteiger partial charge < -0.3 is 14.6 Å². The summed E-state index contributed by atoms with van der Waals surface area (Å²) in [6.07, 6.45) is 3.58. The first kappa shape index (κ1) is 14.4. The molecule has 1 aliphatic carbocycles. The molecule has 106 valence electrons. The highest BCUT2D eigenvalue weighted by molar-refractivity contribution is 5.37. The van der Waals surface area contributed by atoms with E-state index < -0.39 is 11.7 Å². The topological polar surface area (TPSA) is 38.7 Å². The van der Waals surface area contributed by atoms with Gasteiger partial charge in [0.1, 0.15) is 11.9 Å². The van der Waals surface area contributed by atoms with Gasteiger partial charge in [-0.3, -0.25) is 0 Å². The molecule has 0 amide bonds. The molecule has 19 heavy (non-hydrogen) atoms. The maximum absolute atomic E-state index is 10.8. The summed E-state index contributed by atoms with van der Waals surface area (Å²) in [5.41, 5.74) is 1.61. The second kappa shape index (κ2) is 5.93. The van der Waals surface area contributed by atoms with Gasteiger partial charge in [-0.1, -0.05) is 18.9 Å². The number of methoxy groups -OCH3 is 1. The third-order valence-corrected chi connectivity index (χ3v) is 4.15. The highest BCUT2D eigenvalue weighted by atomic mass is 16.5. The largest absolute Gasteiger partial charge is 0.497 e. The lowest BCUT2D eigenvalue weighted by atomic mass is 9.87. The molecule has 0 aromatic heterocycles. The van der Waals surface area contributed by atoms with Crippen molar-refractivity contribution in [3.05, 3.63) is 29.3 Å². The molecule has 1 atom stereocenters. The molecule has 1 fully saturated rings. The number of hydrogen-bond donors (Lipinski definition) is 1. The zero-order valence-corrected chi connectivity index (χ0v) is 12.1. The van der Waals surface area contributed by atoms with Gasteiger partial charge in [-0.25, -0.2) is 0 Å². The van der Waals surface area contributed by atoms with Crippen molar-refractivity contribution in [1.29, 1.82) is 0 Å². The van der Waals surface area contributed by atoms with Gasteiger partial charge in [0.2, 0.25) is 0 Å². The summed E-state index contributed by atoms with van der Waals surface area (Å²) < 4.78 is 11.2. The van der Waals surface area contributed by atoms with Crippen molar-refractivity contribution in [3.8, 4) is 5.75 Å². The van der Waals surface area contributed by atoms with Gasteiger partial charge in [0.15, 0.2) is 0 Å². The number of rotatable bonds is 5. The first-order valence-electron chi connectivity index (χ1n) is 7.09. The van der Waals surface area contributed by atoms with Crippen molar-refractivity contribution in [2.45, 2.75) is 51.2 Å². The Morgan fingerprint density at radius 2 is 2.00 bits per heavy atom. The fraction of sp³-hybridized carbons (Fsp3) is 0.625. The third-order valence-electron chi connectivity index (χ3n) is 4.15. The van der Waals surface area contributed by atoms with Gasteiger partial charge in [0, 0.05) is 6.61 Å². The standard InChI is InChI=1S/C16H24O3/c1-4-19-16(9-5-6-10-16)15(17)14-8-7-13(18-3)11-12(14)2/h7-8,11,15,17H,4-6,9-10H2,1-3H3. The minimum absolute atomic E-state index is 0.395. The van der Waals surface area contributed by atoms with Crippen LogP contribution in [0.3, 0.4) is 0 Å². The zero-order valence-electron chi connectivity index (χ0n) is 12.1. The van der Waals surface area contributed by atoms with E-state index in [0.717, 1.165) is 42.6 Å². The molecule has 1 aromatic rings. The molecular weight excluding hydrogens is 240 g/mol. The van der Waals surface area contributed by atoms with Crippen LogP contribution >= 0.6 is 0 Å². The Balaban J connectivity index is 2.29. The molecule has 3 heteroatoms. The van der Waals surface area contributed by atoms with Crippen molar-refractivity contribution >= 4 is 0 Å². The van der Waals surface area contributed by atoms with Crippen molar-refractivity contribution in [2.75, 3.05) is 13.7 Å². The van der Waals surface area contributed by atoms with Crippen molar-refractivity contribution < 1.29 is 14.6 Å². The number of aliphatic hydroxyl groups excluding tert-OH is 1. The second-order valence-corrected chi connectivity index (χ2v) is 5.33. The molecule has 1 aliphatic rings. The molecule has 0 spiro atoms. The monoisotopic (exact) mass is 264 g/mol. The lowest BCUT2D eigenvalue weighted by Gasteiger charge is -2.35. The second-order valence-electron chi connectivity index (χ2n) is 5.33. The lowest BCUT2D eigenvalue weighted by molar-refractivity contribution is -0.118. The van der Waals surface area contributed by atoms with Crippen molar-refractivity contribution in [1.82, 2.24) is 0 Å². The molecule has 1 aromatic carbocycles. The van der Waals surface area contributed by atoms with E-state index in [-0.39, 0.29) is 0 Å². The predicted octanol–water partition coefficient (Wildman–Crippen LogP) is 3.39. The first-order chi connectivity index (χ1) is 9.13. The van der Waals surface area contributed by atoms with E-state index in [2.05, 4.69) is 0 Å². The highest BCUT2D eigenvalue weighted by Crippen LogP contribution is 2.43. The third kappa shape index (κ3) is 2.77. The Bertz CT molecular complexity index is 422. The molecule has 3 nitrogen and oxygen atoms in total. The SMILES string of the molecule is CCOC1(C(O)c2ccc(OC)cc2C)CCCC1. The van der Waals surface area contributed by atoms with Crippen LogP contribution in [-0.4, -0.2) is 24.4 Å². The first-order valence-corrected chi connectivity index (χ1v) is 7.09. The average Bonchev–Trinajstić information content (AvgIpc) is 2.88. The van der Waals surface area contributed by atoms with E-state index in [4.69, 9.17) is 9.47 Å². The molecule has 0 heterocycles. The van der Waals surface area contributed by atoms with Crippen LogP contribution in [0.2, 0.25) is 0 Å². The summed E-state index contributed by atoms with van der Waals surface area (Å²) in [6.45, 7) is 4.65. The minimum Gasteiger partial charge on any atom is -0.497 e. The Labute approximate surface area is 115 Å². The van der Waals surface area contributed by atoms with Gasteiger partial charge in [-0.2, -0.15) is 0 Å². The Morgan fingerprint density at radius 3 is 2.53 bits per heavy atom. The summed E-state index contributed by atoms with van der Waals surface area (Å²) >= 11 is 0. The van der Waals surface area contributed by atoms with Crippen LogP contribution in [0.5, 0.6) is 5.75 Å². The van der Waals surface area contributed by atoms with E-state index >= 15 is 0 Å². The summed E-state index contributed by atoms with van der Waals surface area (Å²) in [5.74, 6) is 0.824. The molecule has 0 saturated heterocycles. The molecule has 0 aliphatic heterocycles. The maximum Gasteiger partial charge on any atom is 0.119 e. The van der Waals surface area contributed by atoms with Gasteiger partial charge in [-0.05, 0) is 49.9 Å². The molecule has 1 unspecified atom stereocenters. The smallest absolute Gasteiger partial charge is 0.119 e. The zero-order chi connectivity index (χ0) is 13.9. The van der Waals surface area contributed by atoms with Crippen molar-refractivity contribution in [3.63, 3.8) is 0 Å². The maximum atomic E-state index is 10.8. The van der Waals surface area contributed by atoms with E-state index in [0.29, 0.717) is 6.61 Å². The van der Waals surface area contributed by atoms with Gasteiger partial charge in [0.25, 0.3) is 0 Å². The predicted molar refractivity (Wildman–Crippen MR) is 75.5 cm³/mol. The van der Waals surface area contributed by atoms with Gasteiger partial charge >= 0.3 is 0 Å². The molecule has 0 bridgehead atoms.